The molecule has 0 spiro atoms. The van der Waals surface area contributed by atoms with Crippen LogP contribution in [0, 0.1) is 12.8 Å². The van der Waals surface area contributed by atoms with E-state index in [9.17, 15) is 4.79 Å². The molecule has 7 heteroatoms. The third-order valence-electron chi connectivity index (χ3n) is 4.78. The number of imidazole rings is 1. The summed E-state index contributed by atoms with van der Waals surface area (Å²) in [6.45, 7) is 4.51. The van der Waals surface area contributed by atoms with Gasteiger partial charge in [-0.1, -0.05) is 5.16 Å². The maximum Gasteiger partial charge on any atom is 0.276 e. The number of carbonyl (C=O) groups excluding carboxylic acids is 1. The fourth-order valence-corrected chi connectivity index (χ4v) is 3.46. The zero-order chi connectivity index (χ0) is 16.7. The van der Waals surface area contributed by atoms with E-state index in [0.29, 0.717) is 31.2 Å². The Hall–Kier alpha value is -2.15. The summed E-state index contributed by atoms with van der Waals surface area (Å²) < 4.78 is 12.7. The zero-order valence-electron chi connectivity index (χ0n) is 14.1. The van der Waals surface area contributed by atoms with Gasteiger partial charge in [-0.2, -0.15) is 0 Å². The summed E-state index contributed by atoms with van der Waals surface area (Å²) in [5, 5.41) is 3.85. The van der Waals surface area contributed by atoms with Gasteiger partial charge in [0, 0.05) is 37.9 Å². The van der Waals surface area contributed by atoms with Crippen molar-refractivity contribution in [3.8, 4) is 0 Å². The topological polar surface area (TPSA) is 73.4 Å². The number of ether oxygens (including phenoxy) is 1. The summed E-state index contributed by atoms with van der Waals surface area (Å²) in [7, 11) is 1.70. The van der Waals surface area contributed by atoms with Crippen LogP contribution in [-0.4, -0.2) is 45.8 Å². The van der Waals surface area contributed by atoms with E-state index in [-0.39, 0.29) is 11.8 Å². The highest BCUT2D eigenvalue weighted by atomic mass is 16.5. The number of amides is 1. The quantitative estimate of drug-likeness (QED) is 0.838. The van der Waals surface area contributed by atoms with Crippen molar-refractivity contribution in [1.29, 1.82) is 0 Å². The van der Waals surface area contributed by atoms with Crippen LogP contribution in [0.25, 0.3) is 0 Å². The number of aryl methyl sites for hydroxylation is 1. The highest BCUT2D eigenvalue weighted by Gasteiger charge is 2.34. The molecule has 4 rings (SSSR count). The maximum absolute atomic E-state index is 12.7. The number of methoxy groups -OCH3 is 1. The summed E-state index contributed by atoms with van der Waals surface area (Å²) in [4.78, 5) is 19.1. The van der Waals surface area contributed by atoms with Crippen molar-refractivity contribution < 1.29 is 14.1 Å². The minimum absolute atomic E-state index is 0.115. The van der Waals surface area contributed by atoms with Crippen molar-refractivity contribution >= 4 is 5.91 Å². The number of aromatic nitrogens is 3. The van der Waals surface area contributed by atoms with Gasteiger partial charge in [0.05, 0.1) is 25.2 Å². The molecule has 0 N–H and O–H groups in total. The first kappa shape index (κ1) is 15.4. The first-order valence-electron chi connectivity index (χ1n) is 8.41. The first-order chi connectivity index (χ1) is 11.7. The van der Waals surface area contributed by atoms with E-state index >= 15 is 0 Å². The average Bonchev–Trinajstić information content (AvgIpc) is 3.13. The smallest absolute Gasteiger partial charge is 0.276 e. The molecule has 1 aliphatic carbocycles. The molecular weight excluding hydrogens is 308 g/mol. The molecule has 1 unspecified atom stereocenters. The molecule has 24 heavy (non-hydrogen) atoms. The van der Waals surface area contributed by atoms with Gasteiger partial charge in [-0.15, -0.1) is 0 Å². The number of nitrogens with zero attached hydrogens (tertiary/aromatic N) is 4. The second-order valence-electron chi connectivity index (χ2n) is 6.83. The normalized spacial score (nSPS) is 20.2. The lowest BCUT2D eigenvalue weighted by Crippen LogP contribution is -2.40. The monoisotopic (exact) mass is 330 g/mol. The molecule has 128 valence electrons. The molecular formula is C17H22N4O3. The van der Waals surface area contributed by atoms with E-state index in [1.807, 2.05) is 6.33 Å². The van der Waals surface area contributed by atoms with Gasteiger partial charge in [0.2, 0.25) is 0 Å². The van der Waals surface area contributed by atoms with Crippen LogP contribution in [0.15, 0.2) is 16.9 Å². The van der Waals surface area contributed by atoms with Crippen molar-refractivity contribution in [2.24, 2.45) is 5.92 Å². The number of carbonyl (C=O) groups is 1. The Labute approximate surface area is 140 Å². The summed E-state index contributed by atoms with van der Waals surface area (Å²) >= 11 is 0. The van der Waals surface area contributed by atoms with E-state index in [4.69, 9.17) is 9.26 Å². The van der Waals surface area contributed by atoms with Crippen LogP contribution in [0.4, 0.5) is 0 Å². The predicted molar refractivity (Wildman–Crippen MR) is 85.5 cm³/mol. The molecule has 0 bridgehead atoms. The maximum atomic E-state index is 12.7. The van der Waals surface area contributed by atoms with Gasteiger partial charge in [-0.3, -0.25) is 4.79 Å². The van der Waals surface area contributed by atoms with Gasteiger partial charge in [-0.25, -0.2) is 4.98 Å². The second-order valence-corrected chi connectivity index (χ2v) is 6.83. The number of hydrogen-bond acceptors (Lipinski definition) is 5. The Kier molecular flexibility index (Phi) is 3.88. The molecule has 0 saturated heterocycles. The van der Waals surface area contributed by atoms with Crippen molar-refractivity contribution in [3.05, 3.63) is 35.2 Å². The Morgan fingerprint density at radius 1 is 1.46 bits per heavy atom. The van der Waals surface area contributed by atoms with Gasteiger partial charge in [0.15, 0.2) is 5.69 Å². The van der Waals surface area contributed by atoms with Gasteiger partial charge >= 0.3 is 0 Å². The van der Waals surface area contributed by atoms with Crippen molar-refractivity contribution in [2.45, 2.75) is 38.8 Å². The lowest BCUT2D eigenvalue weighted by atomic mass is 9.98. The van der Waals surface area contributed by atoms with Gasteiger partial charge in [0.25, 0.3) is 5.91 Å². The number of fused-ring (bicyclic) bond motifs is 1. The van der Waals surface area contributed by atoms with Crippen LogP contribution in [-0.2, 0) is 17.8 Å². The van der Waals surface area contributed by atoms with Crippen LogP contribution in [0.2, 0.25) is 0 Å². The van der Waals surface area contributed by atoms with E-state index < -0.39 is 0 Å². The van der Waals surface area contributed by atoms with Crippen LogP contribution in [0.1, 0.15) is 46.4 Å². The van der Waals surface area contributed by atoms with Crippen LogP contribution in [0.5, 0.6) is 0 Å². The van der Waals surface area contributed by atoms with Crippen LogP contribution >= 0.6 is 0 Å². The minimum Gasteiger partial charge on any atom is -0.384 e. The van der Waals surface area contributed by atoms with E-state index in [1.165, 1.54) is 18.5 Å². The SMILES string of the molecule is COCC1CN(C(=O)c2cc(C)on2)Cc2ncn(CC3CC3)c21. The fraction of sp³-hybridized carbons (Fsp3) is 0.588. The van der Waals surface area contributed by atoms with Crippen LogP contribution in [0.3, 0.4) is 0 Å². The van der Waals surface area contributed by atoms with Gasteiger partial charge in [-0.05, 0) is 25.7 Å². The zero-order valence-corrected chi connectivity index (χ0v) is 14.1. The van der Waals surface area contributed by atoms with Crippen molar-refractivity contribution in [2.75, 3.05) is 20.3 Å². The molecule has 1 fully saturated rings. The van der Waals surface area contributed by atoms with Gasteiger partial charge in [0.1, 0.15) is 5.76 Å². The Balaban J connectivity index is 1.59. The van der Waals surface area contributed by atoms with E-state index in [0.717, 1.165) is 18.2 Å². The minimum atomic E-state index is -0.115. The third-order valence-corrected chi connectivity index (χ3v) is 4.78. The summed E-state index contributed by atoms with van der Waals surface area (Å²) in [5.41, 5.74) is 2.55. The number of hydrogen-bond donors (Lipinski definition) is 0. The molecule has 2 aromatic heterocycles. The molecule has 0 aromatic carbocycles. The lowest BCUT2D eigenvalue weighted by Gasteiger charge is -2.32. The van der Waals surface area contributed by atoms with Crippen molar-refractivity contribution in [1.82, 2.24) is 19.6 Å². The Morgan fingerprint density at radius 2 is 2.29 bits per heavy atom. The molecule has 1 amide bonds. The van der Waals surface area contributed by atoms with E-state index in [2.05, 4.69) is 14.7 Å². The molecule has 1 aliphatic heterocycles. The predicted octanol–water partition coefficient (Wildman–Crippen LogP) is 1.98. The molecule has 0 radical (unpaired) electrons. The number of rotatable bonds is 5. The first-order valence-corrected chi connectivity index (χ1v) is 8.41. The average molecular weight is 330 g/mol. The molecule has 2 aromatic rings. The van der Waals surface area contributed by atoms with Crippen molar-refractivity contribution in [3.63, 3.8) is 0 Å². The highest BCUT2D eigenvalue weighted by molar-refractivity contribution is 5.92. The Bertz CT molecular complexity index is 747. The summed E-state index contributed by atoms with van der Waals surface area (Å²) in [5.74, 6) is 1.44. The lowest BCUT2D eigenvalue weighted by molar-refractivity contribution is 0.0662. The van der Waals surface area contributed by atoms with Crippen LogP contribution < -0.4 is 0 Å². The Morgan fingerprint density at radius 3 is 2.96 bits per heavy atom. The molecule has 2 aliphatic rings. The standard InChI is InChI=1S/C17H22N4O3/c1-11-5-14(19-24-11)17(22)20-7-13(9-23-2)16-15(8-20)18-10-21(16)6-12-3-4-12/h5,10,12-13H,3-4,6-9H2,1-2H3. The largest absolute Gasteiger partial charge is 0.384 e. The summed E-state index contributed by atoms with van der Waals surface area (Å²) in [6.07, 6.45) is 4.52. The molecule has 3 heterocycles. The van der Waals surface area contributed by atoms with E-state index in [1.54, 1.807) is 25.0 Å². The molecule has 1 atom stereocenters. The third kappa shape index (κ3) is 2.84. The molecule has 7 nitrogen and oxygen atoms in total. The van der Waals surface area contributed by atoms with Gasteiger partial charge < -0.3 is 18.7 Å². The highest BCUT2D eigenvalue weighted by Crippen LogP contribution is 2.34. The second kappa shape index (κ2) is 6.05. The molecule has 1 saturated carbocycles. The fourth-order valence-electron chi connectivity index (χ4n) is 3.46. The summed E-state index contributed by atoms with van der Waals surface area (Å²) in [6, 6.07) is 1.68.